The lowest BCUT2D eigenvalue weighted by Gasteiger charge is -2.35. The number of aromatic nitrogens is 2. The predicted octanol–water partition coefficient (Wildman–Crippen LogP) is 9.31. The van der Waals surface area contributed by atoms with E-state index >= 15 is 0 Å². The highest BCUT2D eigenvalue weighted by Crippen LogP contribution is 2.52. The van der Waals surface area contributed by atoms with E-state index in [1.54, 1.807) is 0 Å². The van der Waals surface area contributed by atoms with Gasteiger partial charge >= 0.3 is 0 Å². The van der Waals surface area contributed by atoms with E-state index in [1.165, 1.54) is 66.1 Å². The molecule has 0 saturated heterocycles. The predicted molar refractivity (Wildman–Crippen MR) is 159 cm³/mol. The highest BCUT2D eigenvalue weighted by molar-refractivity contribution is 6.23. The second-order valence-electron chi connectivity index (χ2n) is 10.9. The van der Waals surface area contributed by atoms with Crippen molar-refractivity contribution in [1.82, 2.24) is 9.55 Å². The van der Waals surface area contributed by atoms with Crippen LogP contribution >= 0.6 is 0 Å². The molecule has 7 aromatic rings. The molecule has 0 unspecified atom stereocenters. The highest BCUT2D eigenvalue weighted by Gasteiger charge is 2.35. The summed E-state index contributed by atoms with van der Waals surface area (Å²) in [5.41, 5.74) is 11.4. The SMILES string of the molecule is CC1(C)c2ccccc2-c2c3c1cccc3cc1c3ccccc3n(-c3ccc(-c4cccnc4)cc3)c21. The molecule has 0 amide bonds. The van der Waals surface area contributed by atoms with Crippen LogP contribution in [-0.4, -0.2) is 9.55 Å². The molecule has 0 saturated carbocycles. The van der Waals surface area contributed by atoms with Gasteiger partial charge in [0.05, 0.1) is 11.0 Å². The van der Waals surface area contributed by atoms with Crippen molar-refractivity contribution in [2.45, 2.75) is 19.3 Å². The van der Waals surface area contributed by atoms with Gasteiger partial charge in [0.2, 0.25) is 0 Å². The van der Waals surface area contributed by atoms with E-state index in [0.29, 0.717) is 0 Å². The normalized spacial score (nSPS) is 13.7. The molecule has 0 spiro atoms. The Balaban J connectivity index is 1.53. The molecule has 38 heavy (non-hydrogen) atoms. The highest BCUT2D eigenvalue weighted by atomic mass is 15.0. The van der Waals surface area contributed by atoms with Gasteiger partial charge in [-0.05, 0) is 68.9 Å². The van der Waals surface area contributed by atoms with Gasteiger partial charge in [-0.3, -0.25) is 4.98 Å². The van der Waals surface area contributed by atoms with Gasteiger partial charge in [0.15, 0.2) is 0 Å². The summed E-state index contributed by atoms with van der Waals surface area (Å²) in [5, 5.41) is 5.26. The molecule has 0 aliphatic heterocycles. The van der Waals surface area contributed by atoms with E-state index in [4.69, 9.17) is 0 Å². The summed E-state index contributed by atoms with van der Waals surface area (Å²) in [7, 11) is 0. The Kier molecular flexibility index (Phi) is 4.31. The number of pyridine rings is 1. The van der Waals surface area contributed by atoms with Crippen LogP contribution < -0.4 is 0 Å². The molecule has 5 aromatic carbocycles. The topological polar surface area (TPSA) is 17.8 Å². The summed E-state index contributed by atoms with van der Waals surface area (Å²) in [6, 6.07) is 40.0. The van der Waals surface area contributed by atoms with Crippen LogP contribution in [0.4, 0.5) is 0 Å². The lowest BCUT2D eigenvalue weighted by Crippen LogP contribution is -2.23. The monoisotopic (exact) mass is 486 g/mol. The van der Waals surface area contributed by atoms with Gasteiger partial charge < -0.3 is 4.57 Å². The molecule has 180 valence electrons. The number of para-hydroxylation sites is 1. The van der Waals surface area contributed by atoms with Gasteiger partial charge in [-0.25, -0.2) is 0 Å². The van der Waals surface area contributed by atoms with Gasteiger partial charge in [-0.1, -0.05) is 92.7 Å². The quantitative estimate of drug-likeness (QED) is 0.238. The molecule has 8 rings (SSSR count). The average Bonchev–Trinajstić information content (AvgIpc) is 3.30. The van der Waals surface area contributed by atoms with Crippen molar-refractivity contribution in [3.05, 3.63) is 133 Å². The van der Waals surface area contributed by atoms with E-state index in [9.17, 15) is 0 Å². The molecular formula is C36H26N2. The zero-order valence-electron chi connectivity index (χ0n) is 21.4. The van der Waals surface area contributed by atoms with E-state index < -0.39 is 0 Å². The summed E-state index contributed by atoms with van der Waals surface area (Å²) in [4.78, 5) is 4.31. The van der Waals surface area contributed by atoms with Crippen LogP contribution in [0.1, 0.15) is 25.0 Å². The van der Waals surface area contributed by atoms with Crippen molar-refractivity contribution in [2.75, 3.05) is 0 Å². The molecule has 0 atom stereocenters. The lowest BCUT2D eigenvalue weighted by atomic mass is 9.68. The van der Waals surface area contributed by atoms with E-state index in [-0.39, 0.29) is 5.41 Å². The zero-order chi connectivity index (χ0) is 25.4. The summed E-state index contributed by atoms with van der Waals surface area (Å²) in [6.07, 6.45) is 3.74. The maximum absolute atomic E-state index is 4.31. The Labute approximate surface area is 221 Å². The molecule has 2 heterocycles. The fourth-order valence-electron chi connectivity index (χ4n) is 6.68. The number of rotatable bonds is 2. The first-order valence-electron chi connectivity index (χ1n) is 13.2. The van der Waals surface area contributed by atoms with Crippen molar-refractivity contribution in [1.29, 1.82) is 0 Å². The number of fused-ring (bicyclic) bond motifs is 6. The van der Waals surface area contributed by atoms with Crippen LogP contribution in [0.2, 0.25) is 0 Å². The van der Waals surface area contributed by atoms with Crippen LogP contribution in [0.3, 0.4) is 0 Å². The third-order valence-corrected chi connectivity index (χ3v) is 8.46. The van der Waals surface area contributed by atoms with Crippen molar-refractivity contribution in [3.63, 3.8) is 0 Å². The Hall–Kier alpha value is -4.69. The second kappa shape index (κ2) is 7.66. The number of benzene rings is 5. The lowest BCUT2D eigenvalue weighted by molar-refractivity contribution is 0.645. The number of nitrogens with zero attached hydrogens (tertiary/aromatic N) is 2. The first-order valence-corrected chi connectivity index (χ1v) is 13.2. The minimum Gasteiger partial charge on any atom is -0.309 e. The summed E-state index contributed by atoms with van der Waals surface area (Å²) < 4.78 is 2.47. The fourth-order valence-corrected chi connectivity index (χ4v) is 6.68. The van der Waals surface area contributed by atoms with Gasteiger partial charge in [-0.2, -0.15) is 0 Å². The molecule has 1 aliphatic rings. The molecule has 0 radical (unpaired) electrons. The van der Waals surface area contributed by atoms with Gasteiger partial charge in [0.25, 0.3) is 0 Å². The van der Waals surface area contributed by atoms with Crippen molar-refractivity contribution in [3.8, 4) is 27.9 Å². The Bertz CT molecular complexity index is 2030. The minimum absolute atomic E-state index is 0.0704. The average molecular weight is 487 g/mol. The smallest absolute Gasteiger partial charge is 0.0626 e. The van der Waals surface area contributed by atoms with E-state index in [0.717, 1.165) is 5.56 Å². The summed E-state index contributed by atoms with van der Waals surface area (Å²) in [6.45, 7) is 4.72. The molecule has 2 aromatic heterocycles. The number of hydrogen-bond donors (Lipinski definition) is 0. The molecule has 1 aliphatic carbocycles. The summed E-state index contributed by atoms with van der Waals surface area (Å²) >= 11 is 0. The third-order valence-electron chi connectivity index (χ3n) is 8.46. The van der Waals surface area contributed by atoms with Crippen LogP contribution in [0.15, 0.2) is 122 Å². The maximum Gasteiger partial charge on any atom is 0.0626 e. The van der Waals surface area contributed by atoms with Crippen molar-refractivity contribution in [2.24, 2.45) is 0 Å². The van der Waals surface area contributed by atoms with Crippen LogP contribution in [0.5, 0.6) is 0 Å². The maximum atomic E-state index is 4.31. The van der Waals surface area contributed by atoms with Gasteiger partial charge in [0.1, 0.15) is 0 Å². The molecule has 2 nitrogen and oxygen atoms in total. The van der Waals surface area contributed by atoms with Crippen molar-refractivity contribution >= 4 is 32.6 Å². The molecule has 2 heteroatoms. The van der Waals surface area contributed by atoms with Crippen molar-refractivity contribution < 1.29 is 0 Å². The molecular weight excluding hydrogens is 460 g/mol. The first-order chi connectivity index (χ1) is 18.6. The van der Waals surface area contributed by atoms with E-state index in [1.807, 2.05) is 18.5 Å². The Morgan fingerprint density at radius 1 is 0.658 bits per heavy atom. The minimum atomic E-state index is -0.0704. The Morgan fingerprint density at radius 3 is 2.29 bits per heavy atom. The molecule has 0 bridgehead atoms. The van der Waals surface area contributed by atoms with Crippen LogP contribution in [-0.2, 0) is 5.41 Å². The third kappa shape index (κ3) is 2.80. The van der Waals surface area contributed by atoms with Gasteiger partial charge in [-0.15, -0.1) is 0 Å². The first kappa shape index (κ1) is 21.4. The zero-order valence-corrected chi connectivity index (χ0v) is 21.4. The second-order valence-corrected chi connectivity index (χ2v) is 10.9. The molecule has 0 N–H and O–H groups in total. The van der Waals surface area contributed by atoms with E-state index in [2.05, 4.69) is 127 Å². The Morgan fingerprint density at radius 2 is 1.45 bits per heavy atom. The largest absolute Gasteiger partial charge is 0.309 e. The van der Waals surface area contributed by atoms with Crippen LogP contribution in [0.25, 0.3) is 60.5 Å². The standard InChI is InChI=1S/C36H26N2/c1-36(2)30-13-5-3-12-28(30)34-33-24(9-7-14-31(33)36)21-29-27-11-4-6-15-32(27)38(35(29)34)26-18-16-23(17-19-26)25-10-8-20-37-22-25/h3-22H,1-2H3. The van der Waals surface area contributed by atoms with Crippen LogP contribution in [0, 0.1) is 0 Å². The number of hydrogen-bond acceptors (Lipinski definition) is 1. The fraction of sp³-hybridized carbons (Fsp3) is 0.0833. The summed E-state index contributed by atoms with van der Waals surface area (Å²) in [5.74, 6) is 0. The van der Waals surface area contributed by atoms with Gasteiger partial charge in [0, 0.05) is 39.8 Å². The molecule has 0 fully saturated rings.